The topological polar surface area (TPSA) is 64.0 Å². The lowest BCUT2D eigenvalue weighted by Crippen LogP contribution is -2.56. The monoisotopic (exact) mass is 589 g/mol. The Bertz CT molecular complexity index is 1430. The van der Waals surface area contributed by atoms with Gasteiger partial charge in [-0.15, -0.1) is 0 Å². The van der Waals surface area contributed by atoms with Crippen LogP contribution in [0.3, 0.4) is 0 Å². The van der Waals surface area contributed by atoms with Crippen LogP contribution in [0.1, 0.15) is 93.9 Å². The van der Waals surface area contributed by atoms with Crippen LogP contribution >= 0.6 is 0 Å². The molecule has 234 valence electrons. The van der Waals surface area contributed by atoms with Crippen LogP contribution in [0.15, 0.2) is 36.4 Å². The number of carbonyl (C=O) groups excluding carboxylic acids is 2. The zero-order valence-corrected chi connectivity index (χ0v) is 27.0. The number of hydrogen-bond acceptors (Lipinski definition) is 6. The predicted molar refractivity (Wildman–Crippen MR) is 174 cm³/mol. The normalized spacial score (nSPS) is 17.6. The molecule has 0 bridgehead atoms. The van der Waals surface area contributed by atoms with E-state index in [0.717, 1.165) is 41.2 Å². The number of aryl methyl sites for hydroxylation is 1. The summed E-state index contributed by atoms with van der Waals surface area (Å²) in [6.07, 6.45) is 7.17. The Morgan fingerprint density at radius 1 is 0.698 bits per heavy atom. The second kappa shape index (κ2) is 13.6. The molecule has 7 heteroatoms. The van der Waals surface area contributed by atoms with Gasteiger partial charge in [-0.25, -0.2) is 0 Å². The van der Waals surface area contributed by atoms with Gasteiger partial charge in [0, 0.05) is 54.6 Å². The maximum Gasteiger partial charge on any atom is 0.185 e. The molecule has 2 aromatic carbocycles. The molecule has 2 aliphatic heterocycles. The van der Waals surface area contributed by atoms with Crippen molar-refractivity contribution >= 4 is 33.4 Å². The minimum atomic E-state index is -0.794. The second-order valence-corrected chi connectivity index (χ2v) is 13.3. The third-order valence-electron chi connectivity index (χ3n) is 9.85. The van der Waals surface area contributed by atoms with E-state index in [9.17, 15) is 4.79 Å². The molecular formula is C36H51N3O4. The van der Waals surface area contributed by atoms with Crippen LogP contribution in [0, 0.1) is 0 Å². The van der Waals surface area contributed by atoms with Crippen LogP contribution in [-0.4, -0.2) is 89.6 Å². The highest BCUT2D eigenvalue weighted by Crippen LogP contribution is 2.38. The summed E-state index contributed by atoms with van der Waals surface area (Å²) < 4.78 is 13.6. The van der Waals surface area contributed by atoms with E-state index in [2.05, 4.69) is 51.6 Å². The van der Waals surface area contributed by atoms with Crippen molar-refractivity contribution < 1.29 is 19.1 Å². The lowest BCUT2D eigenvalue weighted by atomic mass is 9.82. The summed E-state index contributed by atoms with van der Waals surface area (Å²) in [6.45, 7) is 16.3. The Balaban J connectivity index is 1.67. The number of carbonyl (C=O) groups is 2. The summed E-state index contributed by atoms with van der Waals surface area (Å²) in [7, 11) is 0. The maximum absolute atomic E-state index is 15.0. The summed E-state index contributed by atoms with van der Waals surface area (Å²) in [5, 5.41) is 2.18. The Kier molecular flexibility index (Phi) is 10.1. The van der Waals surface area contributed by atoms with Crippen LogP contribution in [0.4, 0.5) is 0 Å². The Labute approximate surface area is 257 Å². The average Bonchev–Trinajstić information content (AvgIpc) is 3.35. The Morgan fingerprint density at radius 3 is 1.88 bits per heavy atom. The molecule has 0 spiro atoms. The van der Waals surface area contributed by atoms with E-state index in [0.29, 0.717) is 63.7 Å². The van der Waals surface area contributed by atoms with Gasteiger partial charge in [0.05, 0.1) is 48.6 Å². The quantitative estimate of drug-likeness (QED) is 0.163. The summed E-state index contributed by atoms with van der Waals surface area (Å²) in [5.41, 5.74) is 1.57. The van der Waals surface area contributed by atoms with Gasteiger partial charge in [-0.3, -0.25) is 19.4 Å². The van der Waals surface area contributed by atoms with Crippen molar-refractivity contribution in [3.63, 3.8) is 0 Å². The lowest BCUT2D eigenvalue weighted by molar-refractivity contribution is -0.00545. The van der Waals surface area contributed by atoms with Gasteiger partial charge in [0.2, 0.25) is 0 Å². The van der Waals surface area contributed by atoms with Gasteiger partial charge in [0.25, 0.3) is 0 Å². The van der Waals surface area contributed by atoms with Crippen molar-refractivity contribution in [3.8, 4) is 0 Å². The number of aromatic nitrogens is 1. The molecule has 2 aliphatic rings. The molecule has 0 radical (unpaired) electrons. The molecule has 43 heavy (non-hydrogen) atoms. The van der Waals surface area contributed by atoms with E-state index in [-0.39, 0.29) is 11.6 Å². The number of ether oxygens (including phenoxy) is 2. The van der Waals surface area contributed by atoms with E-state index in [1.807, 2.05) is 33.8 Å². The third-order valence-corrected chi connectivity index (χ3v) is 9.85. The first-order valence-corrected chi connectivity index (χ1v) is 16.5. The van der Waals surface area contributed by atoms with Crippen molar-refractivity contribution in [2.24, 2.45) is 0 Å². The minimum Gasteiger partial charge on any atom is -0.379 e. The summed E-state index contributed by atoms with van der Waals surface area (Å²) >= 11 is 0. The molecule has 0 atom stereocenters. The highest BCUT2D eigenvalue weighted by molar-refractivity contribution is 6.23. The fourth-order valence-corrected chi connectivity index (χ4v) is 7.02. The lowest BCUT2D eigenvalue weighted by Gasteiger charge is -2.41. The first-order chi connectivity index (χ1) is 20.7. The molecule has 0 aliphatic carbocycles. The van der Waals surface area contributed by atoms with E-state index in [1.165, 1.54) is 25.7 Å². The molecule has 2 saturated heterocycles. The van der Waals surface area contributed by atoms with Crippen LogP contribution in [0.2, 0.25) is 0 Å². The number of ketones is 2. The molecule has 2 fully saturated rings. The van der Waals surface area contributed by atoms with E-state index >= 15 is 4.79 Å². The van der Waals surface area contributed by atoms with E-state index in [1.54, 1.807) is 0 Å². The molecule has 0 amide bonds. The van der Waals surface area contributed by atoms with Gasteiger partial charge in [-0.05, 0) is 46.2 Å². The molecule has 5 rings (SSSR count). The summed E-state index contributed by atoms with van der Waals surface area (Å²) in [5.74, 6) is 0.00179. The van der Waals surface area contributed by atoms with Gasteiger partial charge in [-0.1, -0.05) is 63.3 Å². The number of para-hydroxylation sites is 1. The van der Waals surface area contributed by atoms with Crippen molar-refractivity contribution in [3.05, 3.63) is 47.5 Å². The van der Waals surface area contributed by atoms with Crippen LogP contribution < -0.4 is 0 Å². The molecule has 1 aromatic heterocycles. The van der Waals surface area contributed by atoms with Crippen molar-refractivity contribution in [2.45, 2.75) is 90.8 Å². The molecular weight excluding hydrogens is 538 g/mol. The highest BCUT2D eigenvalue weighted by Gasteiger charge is 2.43. The predicted octanol–water partition coefficient (Wildman–Crippen LogP) is 6.74. The molecule has 7 nitrogen and oxygen atoms in total. The highest BCUT2D eigenvalue weighted by atomic mass is 16.5. The maximum atomic E-state index is 15.0. The SMILES string of the molecule is CCCCCCCCn1c2ccccc2c2ccc(C(=O)C(C)(C)N3CCOCC3)c(C(=O)C(C)(C)N3CCOCC3)c21. The van der Waals surface area contributed by atoms with Crippen molar-refractivity contribution in [1.82, 2.24) is 14.4 Å². The molecule has 3 heterocycles. The van der Waals surface area contributed by atoms with E-state index < -0.39 is 11.1 Å². The average molecular weight is 590 g/mol. The van der Waals surface area contributed by atoms with Crippen LogP contribution in [0.5, 0.6) is 0 Å². The third kappa shape index (κ3) is 6.32. The Morgan fingerprint density at radius 2 is 1.26 bits per heavy atom. The van der Waals surface area contributed by atoms with Crippen molar-refractivity contribution in [1.29, 1.82) is 0 Å². The van der Waals surface area contributed by atoms with Gasteiger partial charge >= 0.3 is 0 Å². The number of nitrogens with zero attached hydrogens (tertiary/aromatic N) is 3. The molecule has 3 aromatic rings. The summed E-state index contributed by atoms with van der Waals surface area (Å²) in [6, 6.07) is 12.5. The first kappa shape index (κ1) is 31.8. The zero-order valence-electron chi connectivity index (χ0n) is 27.0. The number of Topliss-reactive ketones (excluding diaryl/α,β-unsaturated/α-hetero) is 2. The Hall–Kier alpha value is -2.58. The fraction of sp³-hybridized carbons (Fsp3) is 0.611. The smallest absolute Gasteiger partial charge is 0.185 e. The molecule has 0 N–H and O–H groups in total. The standard InChI is InChI=1S/C36H51N3O4/c1-6-7-8-9-10-13-18-39-30-15-12-11-14-27(30)28-16-17-29(33(40)35(2,3)37-19-23-42-24-20-37)31(32(28)39)34(41)36(4,5)38-21-25-43-26-22-38/h11-12,14-17H,6-10,13,18-26H2,1-5H3. The number of unbranched alkanes of at least 4 members (excludes halogenated alkanes) is 5. The van der Waals surface area contributed by atoms with Gasteiger partial charge in [-0.2, -0.15) is 0 Å². The number of fused-ring (bicyclic) bond motifs is 3. The van der Waals surface area contributed by atoms with Gasteiger partial charge in [0.15, 0.2) is 11.6 Å². The van der Waals surface area contributed by atoms with Gasteiger partial charge < -0.3 is 14.0 Å². The van der Waals surface area contributed by atoms with Gasteiger partial charge in [0.1, 0.15) is 0 Å². The first-order valence-electron chi connectivity index (χ1n) is 16.5. The zero-order chi connectivity index (χ0) is 30.6. The number of benzene rings is 2. The van der Waals surface area contributed by atoms with Crippen LogP contribution in [0.25, 0.3) is 21.8 Å². The van der Waals surface area contributed by atoms with Crippen molar-refractivity contribution in [2.75, 3.05) is 52.6 Å². The van der Waals surface area contributed by atoms with Crippen LogP contribution in [-0.2, 0) is 16.0 Å². The second-order valence-electron chi connectivity index (χ2n) is 13.3. The number of rotatable bonds is 13. The fourth-order valence-electron chi connectivity index (χ4n) is 7.02. The minimum absolute atomic E-state index is 0.00574. The number of hydrogen-bond donors (Lipinski definition) is 0. The number of morpholine rings is 2. The molecule has 0 unspecified atom stereocenters. The van der Waals surface area contributed by atoms with E-state index in [4.69, 9.17) is 9.47 Å². The molecule has 0 saturated carbocycles. The largest absolute Gasteiger partial charge is 0.379 e. The summed E-state index contributed by atoms with van der Waals surface area (Å²) in [4.78, 5) is 34.1.